The molecule has 2 aromatic rings. The number of hydrogen-bond donors (Lipinski definition) is 2. The van der Waals surface area contributed by atoms with Crippen molar-refractivity contribution in [2.75, 3.05) is 5.32 Å². The van der Waals surface area contributed by atoms with Crippen molar-refractivity contribution in [3.05, 3.63) is 54.1 Å². The number of para-hydroxylation sites is 1. The Labute approximate surface area is 130 Å². The topological polar surface area (TPSA) is 66.9 Å². The first-order chi connectivity index (χ1) is 10.6. The zero-order valence-electron chi connectivity index (χ0n) is 12.8. The van der Waals surface area contributed by atoms with E-state index in [1.165, 1.54) is 0 Å². The molecule has 1 aliphatic carbocycles. The van der Waals surface area contributed by atoms with E-state index in [1.54, 1.807) is 18.5 Å². The molecule has 2 amide bonds. The zero-order chi connectivity index (χ0) is 15.6. The first kappa shape index (κ1) is 14.5. The van der Waals surface area contributed by atoms with Crippen LogP contribution in [-0.4, -0.2) is 16.0 Å². The molecule has 1 aromatic heterocycles. The number of rotatable bonds is 4. The predicted octanol–water partition coefficient (Wildman–Crippen LogP) is 3.41. The minimum absolute atomic E-state index is 0.210. The minimum Gasteiger partial charge on any atom is -0.325 e. The van der Waals surface area contributed by atoms with Crippen LogP contribution < -0.4 is 10.6 Å². The van der Waals surface area contributed by atoms with E-state index >= 15 is 0 Å². The lowest BCUT2D eigenvalue weighted by Crippen LogP contribution is -2.39. The van der Waals surface area contributed by atoms with Gasteiger partial charge in [0.05, 0.1) is 0 Å². The summed E-state index contributed by atoms with van der Waals surface area (Å²) in [5, 5.41) is 5.98. The van der Waals surface area contributed by atoms with Crippen molar-refractivity contribution in [2.24, 2.45) is 0 Å². The number of nitrogens with zero attached hydrogens (tertiary/aromatic N) is 2. The van der Waals surface area contributed by atoms with E-state index < -0.39 is 5.54 Å². The summed E-state index contributed by atoms with van der Waals surface area (Å²) in [7, 11) is 0. The van der Waals surface area contributed by atoms with E-state index in [4.69, 9.17) is 0 Å². The van der Waals surface area contributed by atoms with Gasteiger partial charge in [-0.05, 0) is 36.5 Å². The van der Waals surface area contributed by atoms with Crippen molar-refractivity contribution in [1.82, 2.24) is 15.3 Å². The Morgan fingerprint density at radius 1 is 1.14 bits per heavy atom. The van der Waals surface area contributed by atoms with E-state index in [0.29, 0.717) is 11.7 Å². The number of carbonyl (C=O) groups excluding carboxylic acids is 1. The second-order valence-electron chi connectivity index (χ2n) is 5.98. The molecule has 5 nitrogen and oxygen atoms in total. The molecule has 1 saturated carbocycles. The van der Waals surface area contributed by atoms with Gasteiger partial charge in [-0.25, -0.2) is 14.8 Å². The molecule has 2 N–H and O–H groups in total. The zero-order valence-corrected chi connectivity index (χ0v) is 12.8. The molecule has 0 aliphatic heterocycles. The smallest absolute Gasteiger partial charge is 0.320 e. The Hall–Kier alpha value is -2.43. The van der Waals surface area contributed by atoms with Gasteiger partial charge in [0.1, 0.15) is 5.54 Å². The molecule has 0 radical (unpaired) electrons. The van der Waals surface area contributed by atoms with Gasteiger partial charge in [-0.2, -0.15) is 0 Å². The van der Waals surface area contributed by atoms with Crippen LogP contribution in [0.15, 0.2) is 42.7 Å². The van der Waals surface area contributed by atoms with Gasteiger partial charge >= 0.3 is 6.03 Å². The van der Waals surface area contributed by atoms with Crippen LogP contribution in [0.2, 0.25) is 0 Å². The SMILES string of the molecule is CC(C)c1ccccc1NC(=O)NC1(c2ncccn2)CC1. The van der Waals surface area contributed by atoms with Crippen LogP contribution in [0.3, 0.4) is 0 Å². The fourth-order valence-corrected chi connectivity index (χ4v) is 2.56. The van der Waals surface area contributed by atoms with Crippen molar-refractivity contribution in [3.63, 3.8) is 0 Å². The van der Waals surface area contributed by atoms with Gasteiger partial charge in [0.25, 0.3) is 0 Å². The molecule has 5 heteroatoms. The number of anilines is 1. The summed E-state index contributed by atoms with van der Waals surface area (Å²) in [6.07, 6.45) is 5.15. The molecule has 0 atom stereocenters. The molecule has 114 valence electrons. The average Bonchev–Trinajstić information content (AvgIpc) is 3.29. The highest BCUT2D eigenvalue weighted by Crippen LogP contribution is 2.43. The highest BCUT2D eigenvalue weighted by atomic mass is 16.2. The number of urea groups is 1. The molecular weight excluding hydrogens is 276 g/mol. The summed E-state index contributed by atoms with van der Waals surface area (Å²) >= 11 is 0. The standard InChI is InChI=1S/C17H20N4O/c1-12(2)13-6-3-4-7-14(13)20-16(22)21-17(8-9-17)15-18-10-5-11-19-15/h3-7,10-12H,8-9H2,1-2H3,(H2,20,21,22). The van der Waals surface area contributed by atoms with Gasteiger partial charge in [0.15, 0.2) is 5.82 Å². The van der Waals surface area contributed by atoms with Gasteiger partial charge in [0, 0.05) is 18.1 Å². The molecule has 1 fully saturated rings. The van der Waals surface area contributed by atoms with E-state index in [2.05, 4.69) is 34.4 Å². The summed E-state index contributed by atoms with van der Waals surface area (Å²) < 4.78 is 0. The van der Waals surface area contributed by atoms with Crippen molar-refractivity contribution >= 4 is 11.7 Å². The molecule has 3 rings (SSSR count). The fraction of sp³-hybridized carbons (Fsp3) is 0.353. The van der Waals surface area contributed by atoms with Gasteiger partial charge in [0.2, 0.25) is 0 Å². The average molecular weight is 296 g/mol. The lowest BCUT2D eigenvalue weighted by molar-refractivity contribution is 0.246. The third-order valence-corrected chi connectivity index (χ3v) is 3.93. The maximum atomic E-state index is 12.3. The molecule has 1 aliphatic rings. The van der Waals surface area contributed by atoms with Crippen LogP contribution in [0.25, 0.3) is 0 Å². The molecule has 0 spiro atoms. The maximum Gasteiger partial charge on any atom is 0.320 e. The van der Waals surface area contributed by atoms with E-state index in [9.17, 15) is 4.79 Å². The van der Waals surface area contributed by atoms with Crippen LogP contribution in [0, 0.1) is 0 Å². The summed E-state index contributed by atoms with van der Waals surface area (Å²) in [5.41, 5.74) is 1.57. The first-order valence-corrected chi connectivity index (χ1v) is 7.56. The van der Waals surface area contributed by atoms with Gasteiger partial charge in [-0.15, -0.1) is 0 Å². The Morgan fingerprint density at radius 3 is 2.45 bits per heavy atom. The number of carbonyl (C=O) groups is 1. The third kappa shape index (κ3) is 2.93. The second kappa shape index (κ2) is 5.75. The summed E-state index contributed by atoms with van der Waals surface area (Å²) in [4.78, 5) is 20.9. The maximum absolute atomic E-state index is 12.3. The fourth-order valence-electron chi connectivity index (χ4n) is 2.56. The first-order valence-electron chi connectivity index (χ1n) is 7.56. The highest BCUT2D eigenvalue weighted by Gasteiger charge is 2.48. The highest BCUT2D eigenvalue weighted by molar-refractivity contribution is 5.91. The van der Waals surface area contributed by atoms with Crippen LogP contribution in [0.4, 0.5) is 10.5 Å². The molecule has 0 bridgehead atoms. The Balaban J connectivity index is 1.72. The quantitative estimate of drug-likeness (QED) is 0.908. The predicted molar refractivity (Wildman–Crippen MR) is 85.6 cm³/mol. The van der Waals surface area contributed by atoms with Crippen molar-refractivity contribution in [3.8, 4) is 0 Å². The number of hydrogen-bond acceptors (Lipinski definition) is 3. The molecule has 1 heterocycles. The van der Waals surface area contributed by atoms with Crippen molar-refractivity contribution in [2.45, 2.75) is 38.1 Å². The number of amides is 2. The van der Waals surface area contributed by atoms with Gasteiger partial charge in [-0.1, -0.05) is 32.0 Å². The third-order valence-electron chi connectivity index (χ3n) is 3.93. The van der Waals surface area contributed by atoms with Crippen LogP contribution >= 0.6 is 0 Å². The largest absolute Gasteiger partial charge is 0.325 e. The molecule has 0 saturated heterocycles. The number of benzene rings is 1. The summed E-state index contributed by atoms with van der Waals surface area (Å²) in [6.45, 7) is 4.22. The number of nitrogens with one attached hydrogen (secondary N) is 2. The van der Waals surface area contributed by atoms with E-state index in [0.717, 1.165) is 24.1 Å². The van der Waals surface area contributed by atoms with Gasteiger partial charge < -0.3 is 10.6 Å². The Kier molecular flexibility index (Phi) is 3.79. The summed E-state index contributed by atoms with van der Waals surface area (Å²) in [5.74, 6) is 1.03. The second-order valence-corrected chi connectivity index (χ2v) is 5.98. The lowest BCUT2D eigenvalue weighted by Gasteiger charge is -2.18. The van der Waals surface area contributed by atoms with Crippen LogP contribution in [-0.2, 0) is 5.54 Å². The van der Waals surface area contributed by atoms with Crippen molar-refractivity contribution in [1.29, 1.82) is 0 Å². The Bertz CT molecular complexity index is 665. The van der Waals surface area contributed by atoms with E-state index in [-0.39, 0.29) is 6.03 Å². The van der Waals surface area contributed by atoms with Gasteiger partial charge in [-0.3, -0.25) is 0 Å². The monoisotopic (exact) mass is 296 g/mol. The lowest BCUT2D eigenvalue weighted by atomic mass is 10.0. The van der Waals surface area contributed by atoms with E-state index in [1.807, 2.05) is 24.3 Å². The summed E-state index contributed by atoms with van der Waals surface area (Å²) in [6, 6.07) is 9.44. The molecule has 1 aromatic carbocycles. The normalized spacial score (nSPS) is 15.4. The van der Waals surface area contributed by atoms with Crippen LogP contribution in [0.1, 0.15) is 44.0 Å². The van der Waals surface area contributed by atoms with Crippen molar-refractivity contribution < 1.29 is 4.79 Å². The molecule has 22 heavy (non-hydrogen) atoms. The number of aromatic nitrogens is 2. The molecule has 0 unspecified atom stereocenters. The minimum atomic E-state index is -0.405. The molecular formula is C17H20N4O. The van der Waals surface area contributed by atoms with Crippen LogP contribution in [0.5, 0.6) is 0 Å². The Morgan fingerprint density at radius 2 is 1.82 bits per heavy atom.